The molecule has 0 N–H and O–H groups in total. The van der Waals surface area contributed by atoms with Crippen molar-refractivity contribution < 1.29 is 0 Å². The Morgan fingerprint density at radius 2 is 1.59 bits per heavy atom. The molecule has 118 valence electrons. The number of hydrogen-bond acceptors (Lipinski definition) is 3. The van der Waals surface area contributed by atoms with E-state index in [9.17, 15) is 0 Å². The lowest BCUT2D eigenvalue weighted by Gasteiger charge is -2.34. The molecule has 3 rings (SSSR count). The van der Waals surface area contributed by atoms with E-state index in [2.05, 4.69) is 59.5 Å². The summed E-state index contributed by atoms with van der Waals surface area (Å²) < 4.78 is 2.08. The van der Waals surface area contributed by atoms with Crippen molar-refractivity contribution in [1.82, 2.24) is 19.6 Å². The Bertz CT molecular complexity index is 610. The van der Waals surface area contributed by atoms with E-state index in [0.717, 1.165) is 37.6 Å². The van der Waals surface area contributed by atoms with Crippen molar-refractivity contribution >= 4 is 0 Å². The van der Waals surface area contributed by atoms with Crippen LogP contribution >= 0.6 is 0 Å². The van der Waals surface area contributed by atoms with E-state index < -0.39 is 0 Å². The molecule has 0 saturated carbocycles. The minimum Gasteiger partial charge on any atom is -0.301 e. The van der Waals surface area contributed by atoms with Crippen LogP contribution in [0, 0.1) is 13.8 Å². The lowest BCUT2D eigenvalue weighted by Crippen LogP contribution is -2.45. The van der Waals surface area contributed by atoms with Crippen molar-refractivity contribution in [1.29, 1.82) is 0 Å². The number of likely N-dealkylation sites (N-methyl/N-ethyl adjacent to an activating group) is 1. The normalized spacial score (nSPS) is 17.0. The third-order valence-corrected chi connectivity index (χ3v) is 4.74. The molecule has 0 unspecified atom stereocenters. The van der Waals surface area contributed by atoms with Crippen LogP contribution in [0.15, 0.2) is 30.3 Å². The summed E-state index contributed by atoms with van der Waals surface area (Å²) >= 11 is 0. The maximum Gasteiger partial charge on any atom is 0.0648 e. The van der Waals surface area contributed by atoms with Crippen molar-refractivity contribution in [3.05, 3.63) is 47.3 Å². The summed E-state index contributed by atoms with van der Waals surface area (Å²) in [5.41, 5.74) is 4.94. The van der Waals surface area contributed by atoms with Crippen LogP contribution < -0.4 is 0 Å². The molecule has 0 radical (unpaired) electrons. The largest absolute Gasteiger partial charge is 0.301 e. The van der Waals surface area contributed by atoms with Gasteiger partial charge < -0.3 is 4.90 Å². The lowest BCUT2D eigenvalue weighted by molar-refractivity contribution is 0.131. The van der Waals surface area contributed by atoms with Gasteiger partial charge in [-0.2, -0.15) is 5.10 Å². The number of nitrogens with zero attached hydrogens (tertiary/aromatic N) is 4. The van der Waals surface area contributed by atoms with Crippen LogP contribution in [0.4, 0.5) is 0 Å². The second kappa shape index (κ2) is 6.63. The van der Waals surface area contributed by atoms with Gasteiger partial charge >= 0.3 is 0 Å². The van der Waals surface area contributed by atoms with E-state index in [0.29, 0.717) is 0 Å². The molecule has 2 aromatic rings. The molecule has 1 aromatic heterocycles. The topological polar surface area (TPSA) is 24.3 Å². The fraction of sp³-hybridized carbons (Fsp3) is 0.500. The highest BCUT2D eigenvalue weighted by atomic mass is 15.3. The van der Waals surface area contributed by atoms with Gasteiger partial charge in [0.25, 0.3) is 0 Å². The molecule has 4 nitrogen and oxygen atoms in total. The van der Waals surface area contributed by atoms with Gasteiger partial charge in [-0.25, -0.2) is 4.68 Å². The predicted octanol–water partition coefficient (Wildman–Crippen LogP) is 2.63. The molecule has 0 aliphatic carbocycles. The van der Waals surface area contributed by atoms with E-state index in [4.69, 9.17) is 5.10 Å². The Hall–Kier alpha value is -1.65. The molecule has 1 fully saturated rings. The first kappa shape index (κ1) is 15.3. The van der Waals surface area contributed by atoms with Crippen molar-refractivity contribution in [3.8, 4) is 5.69 Å². The Balaban J connectivity index is 1.76. The monoisotopic (exact) mass is 298 g/mol. The molecule has 0 spiro atoms. The standard InChI is InChI=1S/C18H26N4/c1-4-20-10-12-21(13-11-20)14-18-15(2)19-22(16(18)3)17-8-6-5-7-9-17/h5-9H,4,10-14H2,1-3H3. The van der Waals surface area contributed by atoms with Gasteiger partial charge in [-0.05, 0) is 32.5 Å². The molecule has 1 aliphatic rings. The lowest BCUT2D eigenvalue weighted by atomic mass is 10.1. The quantitative estimate of drug-likeness (QED) is 0.867. The summed E-state index contributed by atoms with van der Waals surface area (Å²) in [6.07, 6.45) is 0. The highest BCUT2D eigenvalue weighted by Crippen LogP contribution is 2.20. The number of piperazine rings is 1. The molecule has 0 atom stereocenters. The van der Waals surface area contributed by atoms with Crippen LogP contribution in [0.3, 0.4) is 0 Å². The highest BCUT2D eigenvalue weighted by Gasteiger charge is 2.19. The SMILES string of the molecule is CCN1CCN(Cc2c(C)nn(-c3ccccc3)c2C)CC1. The number of hydrogen-bond donors (Lipinski definition) is 0. The summed E-state index contributed by atoms with van der Waals surface area (Å²) in [5.74, 6) is 0. The molecule has 1 saturated heterocycles. The van der Waals surface area contributed by atoms with Crippen molar-refractivity contribution in [2.24, 2.45) is 0 Å². The van der Waals surface area contributed by atoms with Gasteiger partial charge in [-0.3, -0.25) is 4.90 Å². The van der Waals surface area contributed by atoms with Crippen LogP contribution in [0.25, 0.3) is 5.69 Å². The van der Waals surface area contributed by atoms with Gasteiger partial charge in [-0.15, -0.1) is 0 Å². The zero-order valence-corrected chi connectivity index (χ0v) is 13.9. The van der Waals surface area contributed by atoms with Crippen LogP contribution in [-0.2, 0) is 6.54 Å². The first-order valence-corrected chi connectivity index (χ1v) is 8.24. The summed E-state index contributed by atoms with van der Waals surface area (Å²) in [5, 5.41) is 4.76. The van der Waals surface area contributed by atoms with E-state index in [-0.39, 0.29) is 0 Å². The zero-order chi connectivity index (χ0) is 15.5. The maximum absolute atomic E-state index is 4.76. The molecule has 2 heterocycles. The second-order valence-corrected chi connectivity index (χ2v) is 6.11. The van der Waals surface area contributed by atoms with Gasteiger partial charge in [-0.1, -0.05) is 25.1 Å². The third kappa shape index (κ3) is 3.08. The number of para-hydroxylation sites is 1. The molecule has 22 heavy (non-hydrogen) atoms. The van der Waals surface area contributed by atoms with Crippen LogP contribution in [0.1, 0.15) is 23.9 Å². The maximum atomic E-state index is 4.76. The molecule has 0 amide bonds. The predicted molar refractivity (Wildman–Crippen MR) is 90.4 cm³/mol. The highest BCUT2D eigenvalue weighted by molar-refractivity contribution is 5.36. The Morgan fingerprint density at radius 3 is 2.23 bits per heavy atom. The van der Waals surface area contributed by atoms with Crippen LogP contribution in [0.2, 0.25) is 0 Å². The van der Waals surface area contributed by atoms with Gasteiger partial charge in [0.2, 0.25) is 0 Å². The van der Waals surface area contributed by atoms with Crippen molar-refractivity contribution in [2.45, 2.75) is 27.3 Å². The number of aromatic nitrogens is 2. The molecular formula is C18H26N4. The fourth-order valence-electron chi connectivity index (χ4n) is 3.21. The van der Waals surface area contributed by atoms with Gasteiger partial charge in [0.15, 0.2) is 0 Å². The summed E-state index contributed by atoms with van der Waals surface area (Å²) in [6.45, 7) is 13.4. The molecule has 1 aliphatic heterocycles. The van der Waals surface area contributed by atoms with E-state index in [1.807, 2.05) is 6.07 Å². The van der Waals surface area contributed by atoms with Crippen molar-refractivity contribution in [3.63, 3.8) is 0 Å². The summed E-state index contributed by atoms with van der Waals surface area (Å²) in [4.78, 5) is 5.07. The number of benzene rings is 1. The molecule has 0 bridgehead atoms. The molecule has 4 heteroatoms. The fourth-order valence-corrected chi connectivity index (χ4v) is 3.21. The first-order valence-electron chi connectivity index (χ1n) is 8.24. The van der Waals surface area contributed by atoms with Gasteiger partial charge in [0.05, 0.1) is 11.4 Å². The van der Waals surface area contributed by atoms with Crippen molar-refractivity contribution in [2.75, 3.05) is 32.7 Å². The Kier molecular flexibility index (Phi) is 4.60. The van der Waals surface area contributed by atoms with Crippen LogP contribution in [0.5, 0.6) is 0 Å². The second-order valence-electron chi connectivity index (χ2n) is 6.11. The minimum absolute atomic E-state index is 1.02. The number of rotatable bonds is 4. The van der Waals surface area contributed by atoms with Gasteiger partial charge in [0, 0.05) is 44.0 Å². The number of aryl methyl sites for hydroxylation is 1. The smallest absolute Gasteiger partial charge is 0.0648 e. The third-order valence-electron chi connectivity index (χ3n) is 4.74. The average molecular weight is 298 g/mol. The summed E-state index contributed by atoms with van der Waals surface area (Å²) in [7, 11) is 0. The molecule has 1 aromatic carbocycles. The zero-order valence-electron chi connectivity index (χ0n) is 13.9. The first-order chi connectivity index (χ1) is 10.7. The minimum atomic E-state index is 1.02. The molecular weight excluding hydrogens is 272 g/mol. The van der Waals surface area contributed by atoms with Crippen LogP contribution in [-0.4, -0.2) is 52.3 Å². The van der Waals surface area contributed by atoms with E-state index in [1.54, 1.807) is 0 Å². The van der Waals surface area contributed by atoms with E-state index >= 15 is 0 Å². The Labute approximate surface area is 133 Å². The van der Waals surface area contributed by atoms with E-state index in [1.165, 1.54) is 24.3 Å². The van der Waals surface area contributed by atoms with Gasteiger partial charge in [0.1, 0.15) is 0 Å². The average Bonchev–Trinajstić information content (AvgIpc) is 2.84. The Morgan fingerprint density at radius 1 is 0.955 bits per heavy atom. The summed E-state index contributed by atoms with van der Waals surface area (Å²) in [6, 6.07) is 10.4.